The minimum Gasteiger partial charge on any atom is -0.446 e. The molecule has 2 aromatic carbocycles. The van der Waals surface area contributed by atoms with Crippen LogP contribution in [0.25, 0.3) is 0 Å². The fourth-order valence-electron chi connectivity index (χ4n) is 4.69. The van der Waals surface area contributed by atoms with Crippen LogP contribution in [-0.2, 0) is 11.2 Å². The van der Waals surface area contributed by atoms with Crippen molar-refractivity contribution < 1.29 is 23.6 Å². The molecule has 1 aliphatic heterocycles. The Kier molecular flexibility index (Phi) is 9.26. The first-order chi connectivity index (χ1) is 20.8. The van der Waals surface area contributed by atoms with Crippen molar-refractivity contribution in [1.29, 1.82) is 0 Å². The molecule has 0 saturated carbocycles. The highest BCUT2D eigenvalue weighted by atomic mass is 32.1. The average Bonchev–Trinajstić information content (AvgIpc) is 3.70. The van der Waals surface area contributed by atoms with Crippen molar-refractivity contribution in [3.05, 3.63) is 106 Å². The number of oxazole rings is 1. The van der Waals surface area contributed by atoms with Gasteiger partial charge in [0.2, 0.25) is 11.8 Å². The highest BCUT2D eigenvalue weighted by Gasteiger charge is 2.28. The highest BCUT2D eigenvalue weighted by molar-refractivity contribution is 7.09. The topological polar surface area (TPSA) is 147 Å². The van der Waals surface area contributed by atoms with Crippen LogP contribution in [0, 0.1) is 5.92 Å². The van der Waals surface area contributed by atoms with E-state index < -0.39 is 23.9 Å². The number of carbonyl (C=O) groups is 4. The van der Waals surface area contributed by atoms with E-state index in [4.69, 9.17) is 4.42 Å². The van der Waals surface area contributed by atoms with E-state index in [1.807, 2.05) is 44.2 Å². The van der Waals surface area contributed by atoms with Crippen LogP contribution in [0.4, 0.5) is 0 Å². The molecule has 11 nitrogen and oxygen atoms in total. The average molecular weight is 601 g/mol. The molecular weight excluding hydrogens is 568 g/mol. The number of nitrogens with one attached hydrogen (secondary N) is 3. The normalized spacial score (nSPS) is 18.3. The number of nitrogens with zero attached hydrogens (tertiary/aromatic N) is 3. The fourth-order valence-corrected chi connectivity index (χ4v) is 5.71. The SMILES string of the molecule is CC(C)[C@@H]1NC(=O)CN(C(=O)c2ccccc2)CCNC(=O)c2coc(n2)[C@H](Cc2ccccc2)NC(=O)c2csc1n2. The van der Waals surface area contributed by atoms with E-state index in [1.165, 1.54) is 22.5 Å². The molecule has 5 rings (SSSR count). The van der Waals surface area contributed by atoms with Crippen LogP contribution < -0.4 is 16.0 Å². The first-order valence-electron chi connectivity index (χ1n) is 14.0. The number of hydrogen-bond acceptors (Lipinski definition) is 8. The molecule has 1 aliphatic rings. The molecule has 0 saturated heterocycles. The summed E-state index contributed by atoms with van der Waals surface area (Å²) in [6.45, 7) is 3.80. The van der Waals surface area contributed by atoms with Crippen molar-refractivity contribution in [3.8, 4) is 0 Å². The van der Waals surface area contributed by atoms with Gasteiger partial charge in [-0.25, -0.2) is 9.97 Å². The zero-order chi connectivity index (χ0) is 30.3. The van der Waals surface area contributed by atoms with Gasteiger partial charge in [-0.05, 0) is 23.6 Å². The van der Waals surface area contributed by atoms with Crippen LogP contribution in [-0.4, -0.2) is 58.1 Å². The van der Waals surface area contributed by atoms with Crippen molar-refractivity contribution in [1.82, 2.24) is 30.8 Å². The third-order valence-corrected chi connectivity index (χ3v) is 7.88. The van der Waals surface area contributed by atoms with Crippen molar-refractivity contribution in [2.45, 2.75) is 32.4 Å². The minimum atomic E-state index is -0.680. The van der Waals surface area contributed by atoms with Gasteiger partial charge in [0.15, 0.2) is 5.69 Å². The largest absolute Gasteiger partial charge is 0.446 e. The molecule has 0 fully saturated rings. The lowest BCUT2D eigenvalue weighted by Crippen LogP contribution is -2.45. The van der Waals surface area contributed by atoms with Gasteiger partial charge in [0, 0.05) is 30.5 Å². The molecule has 2 aromatic heterocycles. The van der Waals surface area contributed by atoms with Gasteiger partial charge in [-0.1, -0.05) is 62.4 Å². The van der Waals surface area contributed by atoms with E-state index in [0.29, 0.717) is 17.0 Å². The van der Waals surface area contributed by atoms with Crippen LogP contribution in [0.3, 0.4) is 0 Å². The molecular formula is C31H32N6O5S. The van der Waals surface area contributed by atoms with E-state index in [0.717, 1.165) is 5.56 Å². The second kappa shape index (κ2) is 13.4. The Bertz CT molecular complexity index is 1590. The van der Waals surface area contributed by atoms with Crippen molar-refractivity contribution in [2.24, 2.45) is 5.92 Å². The summed E-state index contributed by atoms with van der Waals surface area (Å²) in [4.78, 5) is 63.3. The number of benzene rings is 2. The van der Waals surface area contributed by atoms with Crippen molar-refractivity contribution in [2.75, 3.05) is 19.6 Å². The molecule has 0 aliphatic carbocycles. The molecule has 0 unspecified atom stereocenters. The van der Waals surface area contributed by atoms with Gasteiger partial charge in [0.05, 0.1) is 12.6 Å². The van der Waals surface area contributed by atoms with Crippen molar-refractivity contribution in [3.63, 3.8) is 0 Å². The number of thiazole rings is 1. The first kappa shape index (κ1) is 29.6. The molecule has 4 bridgehead atoms. The van der Waals surface area contributed by atoms with Gasteiger partial charge >= 0.3 is 0 Å². The Hall–Kier alpha value is -4.84. The molecule has 43 heavy (non-hydrogen) atoms. The lowest BCUT2D eigenvalue weighted by molar-refractivity contribution is -0.122. The number of amides is 4. The summed E-state index contributed by atoms with van der Waals surface area (Å²) in [6, 6.07) is 17.0. The smallest absolute Gasteiger partial charge is 0.273 e. The third-order valence-electron chi connectivity index (χ3n) is 6.95. The summed E-state index contributed by atoms with van der Waals surface area (Å²) in [7, 11) is 0. The van der Waals surface area contributed by atoms with Gasteiger partial charge in [0.25, 0.3) is 17.7 Å². The number of rotatable bonds is 4. The Morgan fingerprint density at radius 1 is 0.977 bits per heavy atom. The first-order valence-corrected chi connectivity index (χ1v) is 14.8. The van der Waals surface area contributed by atoms with Gasteiger partial charge < -0.3 is 25.3 Å². The quantitative estimate of drug-likeness (QED) is 0.325. The van der Waals surface area contributed by atoms with Crippen molar-refractivity contribution >= 4 is 35.0 Å². The summed E-state index contributed by atoms with van der Waals surface area (Å²) in [5.41, 5.74) is 1.57. The number of aromatic nitrogens is 2. The second-order valence-corrected chi connectivity index (χ2v) is 11.4. The van der Waals surface area contributed by atoms with Crippen LogP contribution in [0.15, 0.2) is 76.7 Å². The Balaban J connectivity index is 1.47. The summed E-state index contributed by atoms with van der Waals surface area (Å²) >= 11 is 1.27. The number of carbonyl (C=O) groups excluding carboxylic acids is 4. The third kappa shape index (κ3) is 7.33. The zero-order valence-corrected chi connectivity index (χ0v) is 24.6. The van der Waals surface area contributed by atoms with E-state index in [9.17, 15) is 19.2 Å². The van der Waals surface area contributed by atoms with E-state index in [-0.39, 0.29) is 54.6 Å². The summed E-state index contributed by atoms with van der Waals surface area (Å²) < 4.78 is 5.68. The van der Waals surface area contributed by atoms with Gasteiger partial charge in [-0.3, -0.25) is 19.2 Å². The molecule has 222 valence electrons. The predicted octanol–water partition coefficient (Wildman–Crippen LogP) is 3.54. The van der Waals surface area contributed by atoms with E-state index >= 15 is 0 Å². The molecule has 0 spiro atoms. The molecule has 2 atom stereocenters. The Morgan fingerprint density at radius 2 is 1.70 bits per heavy atom. The predicted molar refractivity (Wildman–Crippen MR) is 159 cm³/mol. The van der Waals surface area contributed by atoms with Gasteiger partial charge in [-0.15, -0.1) is 11.3 Å². The summed E-state index contributed by atoms with van der Waals surface area (Å²) in [5, 5.41) is 10.9. The number of fused-ring (bicyclic) bond motifs is 4. The minimum absolute atomic E-state index is 0.0258. The summed E-state index contributed by atoms with van der Waals surface area (Å²) in [5.74, 6) is -1.57. The van der Waals surface area contributed by atoms with Crippen LogP contribution in [0.5, 0.6) is 0 Å². The molecule has 12 heteroatoms. The molecule has 4 aromatic rings. The summed E-state index contributed by atoms with van der Waals surface area (Å²) in [6.07, 6.45) is 1.60. The highest BCUT2D eigenvalue weighted by Crippen LogP contribution is 2.26. The second-order valence-electron chi connectivity index (χ2n) is 10.5. The molecule has 3 N–H and O–H groups in total. The lowest BCUT2D eigenvalue weighted by atomic mass is 10.0. The van der Waals surface area contributed by atoms with Crippen LogP contribution in [0.2, 0.25) is 0 Å². The van der Waals surface area contributed by atoms with Crippen LogP contribution in [0.1, 0.15) is 73.7 Å². The maximum Gasteiger partial charge on any atom is 0.273 e. The van der Waals surface area contributed by atoms with Crippen LogP contribution >= 0.6 is 11.3 Å². The fraction of sp³-hybridized carbons (Fsp3) is 0.290. The lowest BCUT2D eigenvalue weighted by Gasteiger charge is -2.25. The maximum atomic E-state index is 13.4. The Morgan fingerprint density at radius 3 is 2.42 bits per heavy atom. The molecule has 0 radical (unpaired) electrons. The molecule has 4 amide bonds. The number of hydrogen-bond donors (Lipinski definition) is 3. The van der Waals surface area contributed by atoms with E-state index in [1.54, 1.807) is 35.7 Å². The van der Waals surface area contributed by atoms with Gasteiger partial charge in [0.1, 0.15) is 23.0 Å². The molecule has 3 heterocycles. The van der Waals surface area contributed by atoms with E-state index in [2.05, 4.69) is 25.9 Å². The standard InChI is InChI=1S/C31H32N6O5S/c1-19(2)26-30-35-24(18-43-30)28(40)33-22(15-20-9-5-3-6-10-20)29-34-23(17-42-29)27(39)32-13-14-37(16-25(38)36-26)31(41)21-11-7-4-8-12-21/h3-12,17-19,22,26H,13-16H2,1-2H3,(H,32,39)(H,33,40)(H,36,38)/t22-,26-/m0/s1. The van der Waals surface area contributed by atoms with Gasteiger partial charge in [-0.2, -0.15) is 0 Å². The zero-order valence-electron chi connectivity index (χ0n) is 23.8. The Labute approximate surface area is 252 Å². The monoisotopic (exact) mass is 600 g/mol. The maximum absolute atomic E-state index is 13.4.